The largest absolute Gasteiger partial charge is 0.467 e. The molecule has 134 valence electrons. The molecule has 9 heteroatoms. The Kier molecular flexibility index (Phi) is 4.63. The van der Waals surface area contributed by atoms with Crippen molar-refractivity contribution in [3.63, 3.8) is 0 Å². The molecule has 3 aliphatic rings. The molecule has 0 aromatic heterocycles. The minimum Gasteiger partial charge on any atom is -0.467 e. The molecule has 0 aromatic carbocycles. The van der Waals surface area contributed by atoms with E-state index >= 15 is 0 Å². The second kappa shape index (κ2) is 6.72. The molecule has 1 amide bonds. The van der Waals surface area contributed by atoms with Crippen LogP contribution >= 0.6 is 0 Å². The molecule has 9 nitrogen and oxygen atoms in total. The molecule has 3 aliphatic heterocycles. The molecule has 1 unspecified atom stereocenters. The second-order valence-electron chi connectivity index (χ2n) is 6.04. The Morgan fingerprint density at radius 2 is 1.76 bits per heavy atom. The first-order valence-electron chi connectivity index (χ1n) is 8.00. The maximum atomic E-state index is 12.6. The highest BCUT2D eigenvalue weighted by molar-refractivity contribution is 6.32. The first kappa shape index (κ1) is 17.2. The zero-order valence-electron chi connectivity index (χ0n) is 13.8. The van der Waals surface area contributed by atoms with Crippen molar-refractivity contribution in [3.05, 3.63) is 0 Å². The van der Waals surface area contributed by atoms with Gasteiger partial charge in [0, 0.05) is 0 Å². The summed E-state index contributed by atoms with van der Waals surface area (Å²) in [4.78, 5) is 50.5. The molecule has 3 heterocycles. The summed E-state index contributed by atoms with van der Waals surface area (Å²) in [5.74, 6) is -0.241. The number of hydrogen-bond donors (Lipinski definition) is 0. The standard InChI is InChI=1S/C16H18N2O7/c1-23-12(19)11-10-16(24-13(20)14(21)25-16)15(22)18(11)9-5-4-8-17-6-2-3-7-17/h11H,2-3,6-10H2,1H3. The molecule has 1 atom stereocenters. The lowest BCUT2D eigenvalue weighted by Crippen LogP contribution is -2.43. The van der Waals surface area contributed by atoms with Gasteiger partial charge < -0.3 is 19.1 Å². The van der Waals surface area contributed by atoms with E-state index in [1.807, 2.05) is 0 Å². The van der Waals surface area contributed by atoms with Crippen molar-refractivity contribution in [3.8, 4) is 11.8 Å². The zero-order chi connectivity index (χ0) is 18.0. The number of carbonyl (C=O) groups excluding carboxylic acids is 4. The summed E-state index contributed by atoms with van der Waals surface area (Å²) >= 11 is 0. The third-order valence-electron chi connectivity index (χ3n) is 4.46. The van der Waals surface area contributed by atoms with Gasteiger partial charge in [0.1, 0.15) is 6.04 Å². The fraction of sp³-hybridized carbons (Fsp3) is 0.625. The molecule has 0 radical (unpaired) electrons. The summed E-state index contributed by atoms with van der Waals surface area (Å²) in [7, 11) is 1.18. The number of ether oxygens (including phenoxy) is 3. The second-order valence-corrected chi connectivity index (χ2v) is 6.04. The maximum Gasteiger partial charge on any atom is 0.421 e. The highest BCUT2D eigenvalue weighted by atomic mass is 16.8. The van der Waals surface area contributed by atoms with E-state index in [2.05, 4.69) is 21.5 Å². The molecular formula is C16H18N2O7. The van der Waals surface area contributed by atoms with Gasteiger partial charge in [-0.1, -0.05) is 11.8 Å². The van der Waals surface area contributed by atoms with Crippen molar-refractivity contribution >= 4 is 23.8 Å². The number of nitrogens with zero attached hydrogens (tertiary/aromatic N) is 2. The Morgan fingerprint density at radius 3 is 2.36 bits per heavy atom. The molecule has 0 N–H and O–H groups in total. The van der Waals surface area contributed by atoms with Crippen molar-refractivity contribution in [2.24, 2.45) is 0 Å². The van der Waals surface area contributed by atoms with E-state index in [1.165, 1.54) is 7.11 Å². The Bertz CT molecular complexity index is 656. The lowest BCUT2D eigenvalue weighted by molar-refractivity contribution is -0.187. The molecule has 3 fully saturated rings. The summed E-state index contributed by atoms with van der Waals surface area (Å²) in [5.41, 5.74) is 0. The van der Waals surface area contributed by atoms with E-state index in [9.17, 15) is 19.2 Å². The summed E-state index contributed by atoms with van der Waals surface area (Å²) in [6.45, 7) is 2.53. The van der Waals surface area contributed by atoms with Crippen LogP contribution in [-0.4, -0.2) is 78.7 Å². The minimum absolute atomic E-state index is 0.0523. The fourth-order valence-electron chi connectivity index (χ4n) is 3.16. The van der Waals surface area contributed by atoms with Crippen LogP contribution in [0, 0.1) is 11.8 Å². The van der Waals surface area contributed by atoms with Crippen molar-refractivity contribution < 1.29 is 33.4 Å². The van der Waals surface area contributed by atoms with Gasteiger partial charge in [-0.25, -0.2) is 14.4 Å². The first-order chi connectivity index (χ1) is 12.0. The average Bonchev–Trinajstić information content (AvgIpc) is 3.26. The summed E-state index contributed by atoms with van der Waals surface area (Å²) in [5, 5.41) is 0. The van der Waals surface area contributed by atoms with Crippen molar-refractivity contribution in [2.75, 3.05) is 33.3 Å². The summed E-state index contributed by atoms with van der Waals surface area (Å²) in [6, 6.07) is -1.03. The van der Waals surface area contributed by atoms with Gasteiger partial charge in [0.15, 0.2) is 0 Å². The number of esters is 3. The van der Waals surface area contributed by atoms with Crippen LogP contribution in [0.1, 0.15) is 19.3 Å². The van der Waals surface area contributed by atoms with Crippen LogP contribution in [0.25, 0.3) is 0 Å². The van der Waals surface area contributed by atoms with E-state index in [1.54, 1.807) is 0 Å². The quantitative estimate of drug-likeness (QED) is 0.350. The highest BCUT2D eigenvalue weighted by Crippen LogP contribution is 2.37. The minimum atomic E-state index is -2.08. The van der Waals surface area contributed by atoms with Gasteiger partial charge in [-0.15, -0.1) is 0 Å². The van der Waals surface area contributed by atoms with Crippen LogP contribution in [0.2, 0.25) is 0 Å². The van der Waals surface area contributed by atoms with Crippen LogP contribution < -0.4 is 0 Å². The number of amides is 1. The maximum absolute atomic E-state index is 12.6. The smallest absolute Gasteiger partial charge is 0.421 e. The lowest BCUT2D eigenvalue weighted by Gasteiger charge is -2.20. The Hall–Kier alpha value is -2.60. The van der Waals surface area contributed by atoms with Gasteiger partial charge in [-0.05, 0) is 25.9 Å². The fourth-order valence-corrected chi connectivity index (χ4v) is 3.16. The van der Waals surface area contributed by atoms with E-state index in [4.69, 9.17) is 9.47 Å². The van der Waals surface area contributed by atoms with Crippen LogP contribution in [-0.2, 0) is 33.4 Å². The predicted octanol–water partition coefficient (Wildman–Crippen LogP) is -1.34. The number of rotatable bonds is 3. The molecule has 0 saturated carbocycles. The predicted molar refractivity (Wildman–Crippen MR) is 80.5 cm³/mol. The Labute approximate surface area is 144 Å². The van der Waals surface area contributed by atoms with Crippen LogP contribution in [0.3, 0.4) is 0 Å². The monoisotopic (exact) mass is 350 g/mol. The number of hydrogen-bond acceptors (Lipinski definition) is 8. The van der Waals surface area contributed by atoms with Crippen molar-refractivity contribution in [1.82, 2.24) is 9.80 Å². The number of methoxy groups -OCH3 is 1. The SMILES string of the molecule is COC(=O)C1CC2(OC(=O)C(=O)O2)C(=O)N1CC#CCN1CCCC1. The van der Waals surface area contributed by atoms with E-state index in [-0.39, 0.29) is 13.0 Å². The van der Waals surface area contributed by atoms with Crippen molar-refractivity contribution in [1.29, 1.82) is 0 Å². The molecule has 0 aliphatic carbocycles. The van der Waals surface area contributed by atoms with Gasteiger partial charge in [-0.2, -0.15) is 0 Å². The third kappa shape index (κ3) is 3.17. The van der Waals surface area contributed by atoms with Crippen molar-refractivity contribution in [2.45, 2.75) is 31.1 Å². The highest BCUT2D eigenvalue weighted by Gasteiger charge is 2.64. The van der Waals surface area contributed by atoms with Gasteiger partial charge >= 0.3 is 29.6 Å². The molecule has 3 saturated heterocycles. The lowest BCUT2D eigenvalue weighted by atomic mass is 10.1. The van der Waals surface area contributed by atoms with Gasteiger partial charge in [0.25, 0.3) is 0 Å². The van der Waals surface area contributed by atoms with E-state index in [0.29, 0.717) is 6.54 Å². The van der Waals surface area contributed by atoms with Gasteiger partial charge in [-0.3, -0.25) is 9.69 Å². The molecule has 3 rings (SSSR count). The number of carbonyl (C=O) groups is 4. The molecule has 0 bridgehead atoms. The first-order valence-corrected chi connectivity index (χ1v) is 8.00. The number of likely N-dealkylation sites (tertiary alicyclic amines) is 2. The van der Waals surface area contributed by atoms with Crippen LogP contribution in [0.4, 0.5) is 0 Å². The third-order valence-corrected chi connectivity index (χ3v) is 4.46. The zero-order valence-corrected chi connectivity index (χ0v) is 13.8. The average molecular weight is 350 g/mol. The molecule has 25 heavy (non-hydrogen) atoms. The summed E-state index contributed by atoms with van der Waals surface area (Å²) < 4.78 is 14.3. The van der Waals surface area contributed by atoms with Gasteiger partial charge in [0.05, 0.1) is 26.6 Å². The summed E-state index contributed by atoms with van der Waals surface area (Å²) in [6.07, 6.45) is 2.00. The van der Waals surface area contributed by atoms with Crippen LogP contribution in [0.15, 0.2) is 0 Å². The molecule has 0 aromatic rings. The normalized spacial score (nSPS) is 24.9. The van der Waals surface area contributed by atoms with E-state index in [0.717, 1.165) is 30.8 Å². The molecular weight excluding hydrogens is 332 g/mol. The van der Waals surface area contributed by atoms with Gasteiger partial charge in [0.2, 0.25) is 0 Å². The van der Waals surface area contributed by atoms with Crippen LogP contribution in [0.5, 0.6) is 0 Å². The Balaban J connectivity index is 1.72. The topological polar surface area (TPSA) is 102 Å². The Morgan fingerprint density at radius 1 is 1.16 bits per heavy atom. The molecule has 1 spiro atoms. The van der Waals surface area contributed by atoms with E-state index < -0.39 is 35.6 Å².